The van der Waals surface area contributed by atoms with Gasteiger partial charge in [0.15, 0.2) is 0 Å². The summed E-state index contributed by atoms with van der Waals surface area (Å²) >= 11 is 3.44. The minimum absolute atomic E-state index is 0.818. The van der Waals surface area contributed by atoms with Crippen molar-refractivity contribution in [3.05, 3.63) is 45.8 Å². The molecule has 0 aliphatic carbocycles. The van der Waals surface area contributed by atoms with Gasteiger partial charge in [-0.3, -0.25) is 0 Å². The van der Waals surface area contributed by atoms with E-state index in [9.17, 15) is 0 Å². The Kier molecular flexibility index (Phi) is 4.53. The molecule has 2 aromatic rings. The molecule has 0 atom stereocenters. The Bertz CT molecular complexity index is 582. The maximum atomic E-state index is 4.53. The van der Waals surface area contributed by atoms with Crippen LogP contribution in [0, 0.1) is 13.8 Å². The van der Waals surface area contributed by atoms with Gasteiger partial charge in [0, 0.05) is 18.2 Å². The van der Waals surface area contributed by atoms with Gasteiger partial charge in [-0.2, -0.15) is 0 Å². The average molecular weight is 320 g/mol. The number of hydrogen-bond donors (Lipinski definition) is 1. The molecule has 0 aliphatic rings. The SMILES string of the molecule is CCCc1nc(Br)cc(Nc2ccc(C)cc2C)n1. The van der Waals surface area contributed by atoms with Gasteiger partial charge in [-0.25, -0.2) is 9.97 Å². The second-order valence-corrected chi connectivity index (χ2v) is 5.50. The van der Waals surface area contributed by atoms with E-state index in [1.807, 2.05) is 6.07 Å². The number of hydrogen-bond acceptors (Lipinski definition) is 3. The normalized spacial score (nSPS) is 10.5. The molecule has 1 aromatic heterocycles. The molecule has 1 aromatic carbocycles. The van der Waals surface area contributed by atoms with Crippen molar-refractivity contribution in [3.63, 3.8) is 0 Å². The highest BCUT2D eigenvalue weighted by Gasteiger charge is 2.04. The highest BCUT2D eigenvalue weighted by molar-refractivity contribution is 9.10. The Balaban J connectivity index is 2.27. The summed E-state index contributed by atoms with van der Waals surface area (Å²) in [5.74, 6) is 1.70. The fraction of sp³-hybridized carbons (Fsp3) is 0.333. The fourth-order valence-corrected chi connectivity index (χ4v) is 2.38. The van der Waals surface area contributed by atoms with Crippen molar-refractivity contribution in [2.24, 2.45) is 0 Å². The molecule has 2 rings (SSSR count). The lowest BCUT2D eigenvalue weighted by Gasteiger charge is -2.10. The van der Waals surface area contributed by atoms with Crippen molar-refractivity contribution in [1.29, 1.82) is 0 Å². The number of aryl methyl sites for hydroxylation is 3. The summed E-state index contributed by atoms with van der Waals surface area (Å²) in [4.78, 5) is 8.90. The summed E-state index contributed by atoms with van der Waals surface area (Å²) in [6.07, 6.45) is 1.93. The van der Waals surface area contributed by atoms with Crippen molar-refractivity contribution in [3.8, 4) is 0 Å². The first kappa shape index (κ1) is 14.0. The quantitative estimate of drug-likeness (QED) is 0.840. The van der Waals surface area contributed by atoms with Crippen molar-refractivity contribution in [1.82, 2.24) is 9.97 Å². The Hall–Kier alpha value is -1.42. The number of benzene rings is 1. The van der Waals surface area contributed by atoms with Gasteiger partial charge in [-0.05, 0) is 47.8 Å². The van der Waals surface area contributed by atoms with Crippen LogP contribution in [0.3, 0.4) is 0 Å². The number of aromatic nitrogens is 2. The molecule has 19 heavy (non-hydrogen) atoms. The third-order valence-electron chi connectivity index (χ3n) is 2.86. The summed E-state index contributed by atoms with van der Waals surface area (Å²) in [5, 5.41) is 3.36. The number of nitrogens with one attached hydrogen (secondary N) is 1. The van der Waals surface area contributed by atoms with E-state index < -0.39 is 0 Å². The predicted octanol–water partition coefficient (Wildman–Crippen LogP) is 4.55. The van der Waals surface area contributed by atoms with Gasteiger partial charge in [0.1, 0.15) is 16.2 Å². The zero-order valence-electron chi connectivity index (χ0n) is 11.5. The van der Waals surface area contributed by atoms with Gasteiger partial charge in [0.25, 0.3) is 0 Å². The van der Waals surface area contributed by atoms with E-state index in [4.69, 9.17) is 0 Å². The minimum Gasteiger partial charge on any atom is -0.340 e. The Morgan fingerprint density at radius 2 is 1.95 bits per heavy atom. The second kappa shape index (κ2) is 6.15. The van der Waals surface area contributed by atoms with Crippen LogP contribution >= 0.6 is 15.9 Å². The van der Waals surface area contributed by atoms with Gasteiger partial charge in [-0.1, -0.05) is 24.6 Å². The fourth-order valence-electron chi connectivity index (χ4n) is 1.96. The van der Waals surface area contributed by atoms with Crippen LogP contribution in [-0.2, 0) is 6.42 Å². The molecule has 0 aliphatic heterocycles. The lowest BCUT2D eigenvalue weighted by Crippen LogP contribution is -2.01. The van der Waals surface area contributed by atoms with E-state index in [0.717, 1.165) is 34.8 Å². The van der Waals surface area contributed by atoms with Crippen molar-refractivity contribution < 1.29 is 0 Å². The van der Waals surface area contributed by atoms with Crippen LogP contribution in [0.1, 0.15) is 30.3 Å². The van der Waals surface area contributed by atoms with Crippen LogP contribution in [0.2, 0.25) is 0 Å². The third-order valence-corrected chi connectivity index (χ3v) is 3.27. The lowest BCUT2D eigenvalue weighted by molar-refractivity contribution is 0.831. The summed E-state index contributed by atoms with van der Waals surface area (Å²) in [6.45, 7) is 6.32. The maximum absolute atomic E-state index is 4.53. The molecule has 0 amide bonds. The minimum atomic E-state index is 0.818. The van der Waals surface area contributed by atoms with Crippen LogP contribution in [0.15, 0.2) is 28.9 Å². The van der Waals surface area contributed by atoms with Gasteiger partial charge in [0.05, 0.1) is 0 Å². The third kappa shape index (κ3) is 3.77. The first-order chi connectivity index (χ1) is 9.08. The maximum Gasteiger partial charge on any atom is 0.135 e. The van der Waals surface area contributed by atoms with E-state index in [0.29, 0.717) is 0 Å². The van der Waals surface area contributed by atoms with Gasteiger partial charge in [-0.15, -0.1) is 0 Å². The largest absolute Gasteiger partial charge is 0.340 e. The van der Waals surface area contributed by atoms with Gasteiger partial charge < -0.3 is 5.32 Å². The van der Waals surface area contributed by atoms with Crippen LogP contribution in [0.25, 0.3) is 0 Å². The van der Waals surface area contributed by atoms with Crippen LogP contribution in [0.5, 0.6) is 0 Å². The molecular formula is C15H18BrN3. The summed E-state index contributed by atoms with van der Waals surface area (Å²) in [6, 6.07) is 8.24. The summed E-state index contributed by atoms with van der Waals surface area (Å²) < 4.78 is 0.818. The summed E-state index contributed by atoms with van der Waals surface area (Å²) in [5.41, 5.74) is 3.56. The van der Waals surface area contributed by atoms with Crippen LogP contribution < -0.4 is 5.32 Å². The average Bonchev–Trinajstić information content (AvgIpc) is 2.32. The molecule has 0 bridgehead atoms. The molecule has 0 unspecified atom stereocenters. The van der Waals surface area contributed by atoms with E-state index in [1.165, 1.54) is 11.1 Å². The smallest absolute Gasteiger partial charge is 0.135 e. The standard InChI is InChI=1S/C15H18BrN3/c1-4-5-14-18-13(16)9-15(19-14)17-12-7-6-10(2)8-11(12)3/h6-9H,4-5H2,1-3H3,(H,17,18,19). The first-order valence-corrected chi connectivity index (χ1v) is 7.25. The molecule has 4 heteroatoms. The molecule has 3 nitrogen and oxygen atoms in total. The zero-order valence-corrected chi connectivity index (χ0v) is 13.1. The van der Waals surface area contributed by atoms with E-state index in [1.54, 1.807) is 0 Å². The zero-order chi connectivity index (χ0) is 13.8. The topological polar surface area (TPSA) is 37.8 Å². The molecule has 100 valence electrons. The number of anilines is 2. The lowest BCUT2D eigenvalue weighted by atomic mass is 10.1. The van der Waals surface area contributed by atoms with Gasteiger partial charge >= 0.3 is 0 Å². The van der Waals surface area contributed by atoms with E-state index in [-0.39, 0.29) is 0 Å². The van der Waals surface area contributed by atoms with Crippen molar-refractivity contribution in [2.45, 2.75) is 33.6 Å². The Morgan fingerprint density at radius 3 is 2.63 bits per heavy atom. The predicted molar refractivity (Wildman–Crippen MR) is 82.9 cm³/mol. The van der Waals surface area contributed by atoms with E-state index in [2.05, 4.69) is 70.2 Å². The molecule has 0 radical (unpaired) electrons. The Labute approximate surface area is 122 Å². The molecule has 0 saturated heterocycles. The number of halogens is 1. The van der Waals surface area contributed by atoms with Crippen LogP contribution in [-0.4, -0.2) is 9.97 Å². The number of nitrogens with zero attached hydrogens (tertiary/aromatic N) is 2. The molecular weight excluding hydrogens is 302 g/mol. The second-order valence-electron chi connectivity index (χ2n) is 4.69. The molecule has 0 saturated carbocycles. The highest BCUT2D eigenvalue weighted by atomic mass is 79.9. The monoisotopic (exact) mass is 319 g/mol. The van der Waals surface area contributed by atoms with Gasteiger partial charge in [0.2, 0.25) is 0 Å². The van der Waals surface area contributed by atoms with Crippen molar-refractivity contribution in [2.75, 3.05) is 5.32 Å². The molecule has 1 heterocycles. The molecule has 1 N–H and O–H groups in total. The van der Waals surface area contributed by atoms with E-state index >= 15 is 0 Å². The highest BCUT2D eigenvalue weighted by Crippen LogP contribution is 2.22. The molecule has 0 spiro atoms. The summed E-state index contributed by atoms with van der Waals surface area (Å²) in [7, 11) is 0. The number of rotatable bonds is 4. The molecule has 0 fully saturated rings. The van der Waals surface area contributed by atoms with Crippen LogP contribution in [0.4, 0.5) is 11.5 Å². The van der Waals surface area contributed by atoms with Crippen molar-refractivity contribution >= 4 is 27.4 Å². The first-order valence-electron chi connectivity index (χ1n) is 6.46. The Morgan fingerprint density at radius 1 is 1.16 bits per heavy atom.